The largest absolute Gasteiger partial charge is 0.478 e. The number of carboxylic acid groups (broad SMARTS) is 1. The Kier molecular flexibility index (Phi) is 4.25. The molecule has 0 unspecified atom stereocenters. The van der Waals surface area contributed by atoms with Crippen molar-refractivity contribution in [1.29, 1.82) is 0 Å². The number of carbonyl (C=O) groups excluding carboxylic acids is 1. The van der Waals surface area contributed by atoms with Crippen molar-refractivity contribution in [2.45, 2.75) is 6.92 Å². The highest BCUT2D eigenvalue weighted by atomic mass is 79.9. The predicted molar refractivity (Wildman–Crippen MR) is 62.1 cm³/mol. The zero-order valence-electron chi connectivity index (χ0n) is 8.44. The van der Waals surface area contributed by atoms with E-state index in [2.05, 4.69) is 15.9 Å². The summed E-state index contributed by atoms with van der Waals surface area (Å²) in [6.07, 6.45) is 2.43. The number of rotatable bonds is 3. The first-order chi connectivity index (χ1) is 7.49. The van der Waals surface area contributed by atoms with E-state index < -0.39 is 11.9 Å². The fraction of sp³-hybridized carbons (Fsp3) is 0.0909. The van der Waals surface area contributed by atoms with Crippen LogP contribution in [0.3, 0.4) is 0 Å². The Morgan fingerprint density at radius 3 is 2.69 bits per heavy atom. The van der Waals surface area contributed by atoms with Gasteiger partial charge in [0.25, 0.3) is 0 Å². The van der Waals surface area contributed by atoms with E-state index in [-0.39, 0.29) is 0 Å². The highest BCUT2D eigenvalue weighted by molar-refractivity contribution is 9.10. The third kappa shape index (κ3) is 3.86. The summed E-state index contributed by atoms with van der Waals surface area (Å²) < 4.78 is 5.60. The van der Waals surface area contributed by atoms with Gasteiger partial charge in [-0.05, 0) is 29.8 Å². The van der Waals surface area contributed by atoms with E-state index in [0.29, 0.717) is 11.3 Å². The standard InChI is InChI=1S/C11H9BrO4/c1-7(13)16-9-3-4-10(12)8(6-9)2-5-11(14)15/h2-6H,1H3,(H,14,15)/b5-2+. The molecular weight excluding hydrogens is 276 g/mol. The lowest BCUT2D eigenvalue weighted by Gasteiger charge is -2.03. The van der Waals surface area contributed by atoms with Crippen LogP contribution in [0.5, 0.6) is 5.75 Å². The quantitative estimate of drug-likeness (QED) is 0.526. The van der Waals surface area contributed by atoms with Crippen LogP contribution in [0, 0.1) is 0 Å². The molecule has 0 aliphatic heterocycles. The summed E-state index contributed by atoms with van der Waals surface area (Å²) in [6.45, 7) is 1.30. The summed E-state index contributed by atoms with van der Waals surface area (Å²) in [6, 6.07) is 4.87. The van der Waals surface area contributed by atoms with Crippen LogP contribution >= 0.6 is 15.9 Å². The lowest BCUT2D eigenvalue weighted by Crippen LogP contribution is -2.01. The second kappa shape index (κ2) is 5.46. The fourth-order valence-corrected chi connectivity index (χ4v) is 1.42. The number of ether oxygens (including phenoxy) is 1. The van der Waals surface area contributed by atoms with Crippen LogP contribution in [0.15, 0.2) is 28.7 Å². The monoisotopic (exact) mass is 284 g/mol. The molecule has 0 atom stereocenters. The summed E-state index contributed by atoms with van der Waals surface area (Å²) in [5, 5.41) is 8.49. The van der Waals surface area contributed by atoms with E-state index >= 15 is 0 Å². The Hall–Kier alpha value is -1.62. The Balaban J connectivity index is 2.99. The van der Waals surface area contributed by atoms with Gasteiger partial charge in [-0.15, -0.1) is 0 Å². The molecule has 1 aromatic carbocycles. The fourth-order valence-electron chi connectivity index (χ4n) is 1.04. The zero-order valence-corrected chi connectivity index (χ0v) is 10.0. The van der Waals surface area contributed by atoms with Gasteiger partial charge < -0.3 is 9.84 Å². The number of benzene rings is 1. The molecule has 0 saturated heterocycles. The first kappa shape index (κ1) is 12.4. The number of hydrogen-bond donors (Lipinski definition) is 1. The molecule has 0 aromatic heterocycles. The lowest BCUT2D eigenvalue weighted by atomic mass is 10.2. The van der Waals surface area contributed by atoms with Gasteiger partial charge in [-0.3, -0.25) is 4.79 Å². The number of esters is 1. The number of aliphatic carboxylic acids is 1. The highest BCUT2D eigenvalue weighted by Crippen LogP contribution is 2.23. The number of carboxylic acids is 1. The van der Waals surface area contributed by atoms with Crippen molar-refractivity contribution >= 4 is 33.9 Å². The molecule has 0 heterocycles. The van der Waals surface area contributed by atoms with Gasteiger partial charge in [0, 0.05) is 17.5 Å². The van der Waals surface area contributed by atoms with Crippen molar-refractivity contribution in [2.75, 3.05) is 0 Å². The number of hydrogen-bond acceptors (Lipinski definition) is 3. The average Bonchev–Trinajstić information content (AvgIpc) is 2.18. The van der Waals surface area contributed by atoms with Crippen molar-refractivity contribution in [3.05, 3.63) is 34.3 Å². The minimum absolute atomic E-state index is 0.376. The smallest absolute Gasteiger partial charge is 0.328 e. The van der Waals surface area contributed by atoms with Crippen molar-refractivity contribution in [3.63, 3.8) is 0 Å². The van der Waals surface area contributed by atoms with Crippen LogP contribution < -0.4 is 4.74 Å². The SMILES string of the molecule is CC(=O)Oc1ccc(Br)c(/C=C/C(=O)O)c1. The van der Waals surface area contributed by atoms with Crippen molar-refractivity contribution in [3.8, 4) is 5.75 Å². The van der Waals surface area contributed by atoms with Gasteiger partial charge in [-0.2, -0.15) is 0 Å². The first-order valence-corrected chi connectivity index (χ1v) is 5.17. The van der Waals surface area contributed by atoms with Crippen molar-refractivity contribution in [1.82, 2.24) is 0 Å². The summed E-state index contributed by atoms with van der Waals surface area (Å²) in [5.74, 6) is -1.08. The molecule has 0 saturated carbocycles. The lowest BCUT2D eigenvalue weighted by molar-refractivity contribution is -0.132. The topological polar surface area (TPSA) is 63.6 Å². The minimum atomic E-state index is -1.04. The zero-order chi connectivity index (χ0) is 12.1. The predicted octanol–water partition coefficient (Wildman–Crippen LogP) is 2.47. The van der Waals surface area contributed by atoms with Gasteiger partial charge >= 0.3 is 11.9 Å². The van der Waals surface area contributed by atoms with Crippen molar-refractivity contribution < 1.29 is 19.4 Å². The molecule has 0 bridgehead atoms. The molecule has 0 spiro atoms. The van der Waals surface area contributed by atoms with E-state index in [0.717, 1.165) is 10.5 Å². The molecule has 5 heteroatoms. The molecule has 0 radical (unpaired) electrons. The molecule has 0 aliphatic carbocycles. The van der Waals surface area contributed by atoms with Gasteiger partial charge in [0.15, 0.2) is 0 Å². The van der Waals surface area contributed by atoms with E-state index in [1.165, 1.54) is 13.0 Å². The molecular formula is C11H9BrO4. The molecule has 1 aromatic rings. The third-order valence-corrected chi connectivity index (χ3v) is 2.36. The van der Waals surface area contributed by atoms with Gasteiger partial charge in [-0.25, -0.2) is 4.79 Å². The Bertz CT molecular complexity index is 451. The molecule has 84 valence electrons. The van der Waals surface area contributed by atoms with Gasteiger partial charge in [0.1, 0.15) is 5.75 Å². The molecule has 1 N–H and O–H groups in total. The van der Waals surface area contributed by atoms with E-state index in [4.69, 9.17) is 9.84 Å². The minimum Gasteiger partial charge on any atom is -0.478 e. The second-order valence-corrected chi connectivity index (χ2v) is 3.80. The maximum atomic E-state index is 10.7. The maximum absolute atomic E-state index is 10.7. The van der Waals surface area contributed by atoms with Gasteiger partial charge in [0.2, 0.25) is 0 Å². The van der Waals surface area contributed by atoms with Crippen LogP contribution in [0.4, 0.5) is 0 Å². The molecule has 0 aliphatic rings. The Morgan fingerprint density at radius 1 is 1.44 bits per heavy atom. The molecule has 0 fully saturated rings. The highest BCUT2D eigenvalue weighted by Gasteiger charge is 2.02. The first-order valence-electron chi connectivity index (χ1n) is 4.38. The van der Waals surface area contributed by atoms with Crippen LogP contribution in [0.25, 0.3) is 6.08 Å². The summed E-state index contributed by atoms with van der Waals surface area (Å²) in [4.78, 5) is 21.1. The number of halogens is 1. The van der Waals surface area contributed by atoms with Crippen molar-refractivity contribution in [2.24, 2.45) is 0 Å². The molecule has 16 heavy (non-hydrogen) atoms. The van der Waals surface area contributed by atoms with Crippen LogP contribution in [-0.4, -0.2) is 17.0 Å². The number of carbonyl (C=O) groups is 2. The molecule has 0 amide bonds. The van der Waals surface area contributed by atoms with Crippen LogP contribution in [0.1, 0.15) is 12.5 Å². The third-order valence-electron chi connectivity index (χ3n) is 1.63. The Morgan fingerprint density at radius 2 is 2.12 bits per heavy atom. The van der Waals surface area contributed by atoms with Gasteiger partial charge in [0.05, 0.1) is 0 Å². The molecule has 4 nitrogen and oxygen atoms in total. The summed E-state index contributed by atoms with van der Waals surface area (Å²) >= 11 is 3.26. The van der Waals surface area contributed by atoms with Crippen LogP contribution in [-0.2, 0) is 9.59 Å². The average molecular weight is 285 g/mol. The van der Waals surface area contributed by atoms with Crippen LogP contribution in [0.2, 0.25) is 0 Å². The van der Waals surface area contributed by atoms with E-state index in [1.807, 2.05) is 0 Å². The Labute approximate surface area is 101 Å². The normalized spacial score (nSPS) is 10.4. The van der Waals surface area contributed by atoms with E-state index in [9.17, 15) is 9.59 Å². The van der Waals surface area contributed by atoms with E-state index in [1.54, 1.807) is 18.2 Å². The molecule has 1 rings (SSSR count). The van der Waals surface area contributed by atoms with Gasteiger partial charge in [-0.1, -0.05) is 15.9 Å². The second-order valence-electron chi connectivity index (χ2n) is 2.95. The summed E-state index contributed by atoms with van der Waals surface area (Å²) in [7, 11) is 0. The maximum Gasteiger partial charge on any atom is 0.328 e. The summed E-state index contributed by atoms with van der Waals surface area (Å²) in [5.41, 5.74) is 0.626.